The van der Waals surface area contributed by atoms with Gasteiger partial charge < -0.3 is 4.74 Å². The molecule has 128 valence electrons. The summed E-state index contributed by atoms with van der Waals surface area (Å²) in [4.78, 5) is 26.6. The molecule has 4 nitrogen and oxygen atoms in total. The van der Waals surface area contributed by atoms with E-state index in [4.69, 9.17) is 4.74 Å². The third-order valence-electron chi connectivity index (χ3n) is 4.38. The summed E-state index contributed by atoms with van der Waals surface area (Å²) in [5, 5.41) is 0. The number of methoxy groups -OCH3 is 1. The Morgan fingerprint density at radius 3 is 2.27 bits per heavy atom. The molecule has 0 N–H and O–H groups in total. The fraction of sp³-hybridized carbons (Fsp3) is 0.0476. The van der Waals surface area contributed by atoms with Crippen molar-refractivity contribution in [1.29, 1.82) is 0 Å². The van der Waals surface area contributed by atoms with Crippen molar-refractivity contribution in [2.75, 3.05) is 12.0 Å². The molecule has 4 rings (SSSR count). The van der Waals surface area contributed by atoms with Crippen LogP contribution in [-0.2, 0) is 0 Å². The zero-order chi connectivity index (χ0) is 18.3. The van der Waals surface area contributed by atoms with Gasteiger partial charge in [-0.2, -0.15) is 0 Å². The molecule has 1 aliphatic rings. The predicted octanol–water partition coefficient (Wildman–Crippen LogP) is 4.30. The van der Waals surface area contributed by atoms with E-state index in [1.54, 1.807) is 12.1 Å². The van der Waals surface area contributed by atoms with Gasteiger partial charge >= 0.3 is 0 Å². The van der Waals surface area contributed by atoms with Crippen LogP contribution >= 0.6 is 0 Å². The summed E-state index contributed by atoms with van der Waals surface area (Å²) in [6, 6.07) is 18.5. The van der Waals surface area contributed by atoms with Gasteiger partial charge in [-0.15, -0.1) is 0 Å². The third kappa shape index (κ3) is 2.45. The number of fused-ring (bicyclic) bond motifs is 1. The molecule has 0 bridgehead atoms. The molecular weight excluding hydrogens is 333 g/mol. The van der Waals surface area contributed by atoms with E-state index < -0.39 is 17.6 Å². The van der Waals surface area contributed by atoms with Crippen LogP contribution in [0.2, 0.25) is 0 Å². The lowest BCUT2D eigenvalue weighted by molar-refractivity contribution is 0.0925. The summed E-state index contributed by atoms with van der Waals surface area (Å²) in [7, 11) is 1.47. The molecule has 5 heteroatoms. The maximum absolute atomic E-state index is 13.5. The average Bonchev–Trinajstić information content (AvgIpc) is 2.92. The Balaban J connectivity index is 1.85. The highest BCUT2D eigenvalue weighted by atomic mass is 19.1. The standard InChI is InChI=1S/C21H14FNO3/c1-26-19-10-7-14(13-5-3-2-4-6-13)11-18(19)23-20(24)16-9-8-15(22)12-17(16)21(23)25/h2-12H,1H3. The first kappa shape index (κ1) is 16.0. The lowest BCUT2D eigenvalue weighted by atomic mass is 10.0. The van der Waals surface area contributed by atoms with Crippen LogP contribution in [-0.4, -0.2) is 18.9 Å². The zero-order valence-electron chi connectivity index (χ0n) is 13.9. The Labute approximate surface area is 149 Å². The van der Waals surface area contributed by atoms with Gasteiger partial charge in [0.1, 0.15) is 11.6 Å². The first-order valence-corrected chi connectivity index (χ1v) is 8.02. The van der Waals surface area contributed by atoms with Gasteiger partial charge in [0.25, 0.3) is 11.8 Å². The largest absolute Gasteiger partial charge is 0.495 e. The second-order valence-electron chi connectivity index (χ2n) is 5.89. The summed E-state index contributed by atoms with van der Waals surface area (Å²) >= 11 is 0. The summed E-state index contributed by atoms with van der Waals surface area (Å²) in [6.45, 7) is 0. The summed E-state index contributed by atoms with van der Waals surface area (Å²) in [5.41, 5.74) is 2.36. The van der Waals surface area contributed by atoms with E-state index in [1.165, 1.54) is 19.2 Å². The van der Waals surface area contributed by atoms with E-state index in [0.717, 1.165) is 22.1 Å². The fourth-order valence-corrected chi connectivity index (χ4v) is 3.11. The maximum atomic E-state index is 13.5. The van der Waals surface area contributed by atoms with Crippen molar-refractivity contribution in [3.05, 3.63) is 83.7 Å². The van der Waals surface area contributed by atoms with E-state index in [9.17, 15) is 14.0 Å². The molecule has 0 aromatic heterocycles. The predicted molar refractivity (Wildman–Crippen MR) is 96.0 cm³/mol. The number of halogens is 1. The average molecular weight is 347 g/mol. The maximum Gasteiger partial charge on any atom is 0.266 e. The van der Waals surface area contributed by atoms with Crippen molar-refractivity contribution >= 4 is 17.5 Å². The van der Waals surface area contributed by atoms with E-state index >= 15 is 0 Å². The number of carbonyl (C=O) groups excluding carboxylic acids is 2. The number of benzene rings is 3. The van der Waals surface area contributed by atoms with Crippen LogP contribution in [0, 0.1) is 5.82 Å². The van der Waals surface area contributed by atoms with E-state index in [-0.39, 0.29) is 11.1 Å². The second-order valence-corrected chi connectivity index (χ2v) is 5.89. The third-order valence-corrected chi connectivity index (χ3v) is 4.38. The van der Waals surface area contributed by atoms with Gasteiger partial charge in [-0.1, -0.05) is 36.4 Å². The molecule has 0 unspecified atom stereocenters. The zero-order valence-corrected chi connectivity index (χ0v) is 13.9. The molecule has 3 aromatic carbocycles. The smallest absolute Gasteiger partial charge is 0.266 e. The highest BCUT2D eigenvalue weighted by Gasteiger charge is 2.38. The van der Waals surface area contributed by atoms with Crippen LogP contribution in [0.3, 0.4) is 0 Å². The van der Waals surface area contributed by atoms with Crippen molar-refractivity contribution < 1.29 is 18.7 Å². The Hall–Kier alpha value is -3.47. The highest BCUT2D eigenvalue weighted by molar-refractivity contribution is 6.35. The van der Waals surface area contributed by atoms with Crippen molar-refractivity contribution in [3.63, 3.8) is 0 Å². The van der Waals surface area contributed by atoms with Gasteiger partial charge in [0, 0.05) is 0 Å². The number of anilines is 1. The number of nitrogens with zero attached hydrogens (tertiary/aromatic N) is 1. The summed E-state index contributed by atoms with van der Waals surface area (Å²) in [6.07, 6.45) is 0. The SMILES string of the molecule is COc1ccc(-c2ccccc2)cc1N1C(=O)c2ccc(F)cc2C1=O. The Morgan fingerprint density at radius 2 is 1.54 bits per heavy atom. The van der Waals surface area contributed by atoms with Crippen LogP contribution in [0.1, 0.15) is 20.7 Å². The highest BCUT2D eigenvalue weighted by Crippen LogP contribution is 2.37. The molecule has 1 aliphatic heterocycles. The second kappa shape index (κ2) is 6.11. The number of ether oxygens (including phenoxy) is 1. The Kier molecular flexibility index (Phi) is 3.77. The number of rotatable bonds is 3. The number of imide groups is 1. The molecule has 3 aromatic rings. The van der Waals surface area contributed by atoms with Gasteiger partial charge in [0.15, 0.2) is 0 Å². The van der Waals surface area contributed by atoms with Crippen LogP contribution in [0.5, 0.6) is 5.75 Å². The number of hydrogen-bond donors (Lipinski definition) is 0. The lowest BCUT2D eigenvalue weighted by Crippen LogP contribution is -2.29. The van der Waals surface area contributed by atoms with Gasteiger partial charge in [0.2, 0.25) is 0 Å². The van der Waals surface area contributed by atoms with Crippen molar-refractivity contribution in [1.82, 2.24) is 0 Å². The van der Waals surface area contributed by atoms with Crippen LogP contribution in [0.25, 0.3) is 11.1 Å². The quantitative estimate of drug-likeness (QED) is 0.664. The van der Waals surface area contributed by atoms with Crippen molar-refractivity contribution in [3.8, 4) is 16.9 Å². The first-order chi connectivity index (χ1) is 12.6. The summed E-state index contributed by atoms with van der Waals surface area (Å²) < 4.78 is 18.9. The molecule has 0 saturated carbocycles. The van der Waals surface area contributed by atoms with Crippen LogP contribution in [0.4, 0.5) is 10.1 Å². The van der Waals surface area contributed by atoms with E-state index in [0.29, 0.717) is 11.4 Å². The number of carbonyl (C=O) groups is 2. The normalized spacial score (nSPS) is 13.1. The van der Waals surface area contributed by atoms with Gasteiger partial charge in [-0.25, -0.2) is 9.29 Å². The van der Waals surface area contributed by atoms with E-state index in [1.807, 2.05) is 36.4 Å². The molecular formula is C21H14FNO3. The minimum absolute atomic E-state index is 0.0576. The van der Waals surface area contributed by atoms with Crippen LogP contribution < -0.4 is 9.64 Å². The molecule has 0 aliphatic carbocycles. The Morgan fingerprint density at radius 1 is 0.808 bits per heavy atom. The molecule has 0 saturated heterocycles. The number of amides is 2. The van der Waals surface area contributed by atoms with Crippen LogP contribution in [0.15, 0.2) is 66.7 Å². The molecule has 26 heavy (non-hydrogen) atoms. The van der Waals surface area contributed by atoms with Crippen molar-refractivity contribution in [2.24, 2.45) is 0 Å². The summed E-state index contributed by atoms with van der Waals surface area (Å²) in [5.74, 6) is -1.22. The van der Waals surface area contributed by atoms with E-state index in [2.05, 4.69) is 0 Å². The van der Waals surface area contributed by atoms with Gasteiger partial charge in [0.05, 0.1) is 23.9 Å². The van der Waals surface area contributed by atoms with Crippen molar-refractivity contribution in [2.45, 2.75) is 0 Å². The minimum atomic E-state index is -0.562. The topological polar surface area (TPSA) is 46.6 Å². The molecule has 0 atom stereocenters. The lowest BCUT2D eigenvalue weighted by Gasteiger charge is -2.18. The minimum Gasteiger partial charge on any atom is -0.495 e. The number of hydrogen-bond acceptors (Lipinski definition) is 3. The van der Waals surface area contributed by atoms with Gasteiger partial charge in [-0.05, 0) is 41.5 Å². The monoisotopic (exact) mass is 347 g/mol. The molecule has 0 fully saturated rings. The first-order valence-electron chi connectivity index (χ1n) is 8.02. The van der Waals surface area contributed by atoms with Gasteiger partial charge in [-0.3, -0.25) is 9.59 Å². The Bertz CT molecular complexity index is 1030. The molecule has 0 spiro atoms. The fourth-order valence-electron chi connectivity index (χ4n) is 3.11. The molecule has 2 amide bonds. The molecule has 0 radical (unpaired) electrons. The molecule has 1 heterocycles.